The SMILES string of the molecule is CC([SiH3])c1ccccc1Cl.CCl. The van der Waals surface area contributed by atoms with Crippen molar-refractivity contribution in [3.8, 4) is 0 Å². The monoisotopic (exact) mass is 220 g/mol. The first-order valence-corrected chi connectivity index (χ1v) is 6.13. The molecule has 0 aromatic heterocycles. The van der Waals surface area contributed by atoms with Crippen LogP contribution in [-0.2, 0) is 0 Å². The molecule has 0 radical (unpaired) electrons. The molecule has 1 rings (SSSR count). The van der Waals surface area contributed by atoms with Gasteiger partial charge in [0.25, 0.3) is 0 Å². The van der Waals surface area contributed by atoms with Crippen molar-refractivity contribution in [2.75, 3.05) is 6.38 Å². The molecule has 0 N–H and O–H groups in total. The molecule has 12 heavy (non-hydrogen) atoms. The molecule has 0 fully saturated rings. The van der Waals surface area contributed by atoms with Crippen molar-refractivity contribution in [1.29, 1.82) is 0 Å². The molecule has 0 bridgehead atoms. The molecule has 0 heterocycles. The number of halogens is 2. The molecule has 3 heteroatoms. The number of rotatable bonds is 1. The summed E-state index contributed by atoms with van der Waals surface area (Å²) in [4.78, 5) is 0. The lowest BCUT2D eigenvalue weighted by atomic mass is 10.2. The summed E-state index contributed by atoms with van der Waals surface area (Å²) in [5.41, 5.74) is 1.95. The summed E-state index contributed by atoms with van der Waals surface area (Å²) in [5, 5.41) is 0.907. The van der Waals surface area contributed by atoms with Gasteiger partial charge in [0, 0.05) is 21.6 Å². The van der Waals surface area contributed by atoms with E-state index in [9.17, 15) is 0 Å². The molecule has 0 aliphatic rings. The first-order chi connectivity index (χ1) is 5.72. The fourth-order valence-corrected chi connectivity index (χ4v) is 1.98. The van der Waals surface area contributed by atoms with Crippen LogP contribution in [0.4, 0.5) is 0 Å². The van der Waals surface area contributed by atoms with Crippen LogP contribution in [0.2, 0.25) is 5.02 Å². The molecule has 0 nitrogen and oxygen atoms in total. The zero-order valence-corrected chi connectivity index (χ0v) is 11.2. The molecule has 68 valence electrons. The second kappa shape index (κ2) is 6.52. The fourth-order valence-electron chi connectivity index (χ4n) is 0.943. The van der Waals surface area contributed by atoms with Crippen molar-refractivity contribution in [2.45, 2.75) is 12.5 Å². The minimum Gasteiger partial charge on any atom is -0.130 e. The van der Waals surface area contributed by atoms with Gasteiger partial charge in [-0.1, -0.05) is 36.7 Å². The van der Waals surface area contributed by atoms with E-state index in [1.165, 1.54) is 22.2 Å². The summed E-state index contributed by atoms with van der Waals surface area (Å²) in [7, 11) is 1.17. The van der Waals surface area contributed by atoms with Gasteiger partial charge < -0.3 is 0 Å². The standard InChI is InChI=1S/C8H11ClSi.CH3Cl/c1-6(10)7-4-2-3-5-8(7)9;1-2/h2-6H,1,10H3;1H3. The Labute approximate surface area is 87.3 Å². The summed E-state index contributed by atoms with van der Waals surface area (Å²) >= 11 is 10.6. The van der Waals surface area contributed by atoms with Gasteiger partial charge in [0.15, 0.2) is 0 Å². The molecule has 1 aromatic carbocycles. The lowest BCUT2D eigenvalue weighted by Crippen LogP contribution is -1.91. The molecule has 0 aliphatic carbocycles. The van der Waals surface area contributed by atoms with Gasteiger partial charge in [-0.2, -0.15) is 0 Å². The third-order valence-corrected chi connectivity index (χ3v) is 2.49. The summed E-state index contributed by atoms with van der Waals surface area (Å²) in [6.07, 6.45) is 1.47. The molecule has 0 amide bonds. The Bertz CT molecular complexity index is 224. The van der Waals surface area contributed by atoms with Crippen molar-refractivity contribution >= 4 is 33.4 Å². The van der Waals surface area contributed by atoms with Crippen LogP contribution in [0.15, 0.2) is 24.3 Å². The molecule has 1 unspecified atom stereocenters. The van der Waals surface area contributed by atoms with E-state index in [1.54, 1.807) is 0 Å². The van der Waals surface area contributed by atoms with Crippen molar-refractivity contribution in [3.63, 3.8) is 0 Å². The third kappa shape index (κ3) is 3.61. The topological polar surface area (TPSA) is 0 Å². The van der Waals surface area contributed by atoms with Crippen LogP contribution >= 0.6 is 23.2 Å². The van der Waals surface area contributed by atoms with E-state index < -0.39 is 0 Å². The lowest BCUT2D eigenvalue weighted by Gasteiger charge is -2.05. The van der Waals surface area contributed by atoms with Crippen LogP contribution in [0.5, 0.6) is 0 Å². The number of benzene rings is 1. The highest BCUT2D eigenvalue weighted by Crippen LogP contribution is 2.20. The first-order valence-electron chi connectivity index (χ1n) is 3.84. The van der Waals surface area contributed by atoms with Crippen molar-refractivity contribution < 1.29 is 0 Å². The maximum Gasteiger partial charge on any atom is 0.0437 e. The van der Waals surface area contributed by atoms with E-state index >= 15 is 0 Å². The van der Waals surface area contributed by atoms with E-state index in [4.69, 9.17) is 11.6 Å². The Balaban J connectivity index is 0.000000561. The van der Waals surface area contributed by atoms with Crippen LogP contribution in [-0.4, -0.2) is 16.6 Å². The van der Waals surface area contributed by atoms with Gasteiger partial charge in [-0.05, 0) is 17.2 Å². The van der Waals surface area contributed by atoms with Crippen LogP contribution in [0, 0.1) is 0 Å². The lowest BCUT2D eigenvalue weighted by molar-refractivity contribution is 1.08. The Morgan fingerprint density at radius 1 is 1.25 bits per heavy atom. The average Bonchev–Trinajstić information content (AvgIpc) is 2.08. The maximum atomic E-state index is 5.94. The van der Waals surface area contributed by atoms with Crippen LogP contribution in [0.25, 0.3) is 0 Å². The molecule has 0 saturated heterocycles. The highest BCUT2D eigenvalue weighted by atomic mass is 35.5. The summed E-state index contributed by atoms with van der Waals surface area (Å²) in [5.74, 6) is 0. The van der Waals surface area contributed by atoms with Gasteiger partial charge in [0.1, 0.15) is 0 Å². The van der Waals surface area contributed by atoms with Crippen LogP contribution < -0.4 is 0 Å². The third-order valence-electron chi connectivity index (χ3n) is 1.53. The summed E-state index contributed by atoms with van der Waals surface area (Å²) in [6.45, 7) is 2.20. The largest absolute Gasteiger partial charge is 0.130 e. The van der Waals surface area contributed by atoms with Gasteiger partial charge in [-0.15, -0.1) is 11.6 Å². The molecular formula is C9H14Cl2Si. The molecule has 1 aromatic rings. The predicted molar refractivity (Wildman–Crippen MR) is 61.6 cm³/mol. The second-order valence-corrected chi connectivity index (χ2v) is 4.82. The van der Waals surface area contributed by atoms with Gasteiger partial charge in [0.2, 0.25) is 0 Å². The van der Waals surface area contributed by atoms with E-state index in [2.05, 4.69) is 24.6 Å². The quantitative estimate of drug-likeness (QED) is 0.505. The minimum atomic E-state index is 0.661. The number of alkyl halides is 1. The van der Waals surface area contributed by atoms with E-state index in [0.717, 1.165) is 5.02 Å². The predicted octanol–water partition coefficient (Wildman–Crippen LogP) is 2.62. The Morgan fingerprint density at radius 2 is 1.75 bits per heavy atom. The molecule has 0 aliphatic heterocycles. The zero-order chi connectivity index (χ0) is 9.56. The smallest absolute Gasteiger partial charge is 0.0437 e. The van der Waals surface area contributed by atoms with Crippen LogP contribution in [0.1, 0.15) is 18.0 Å². The van der Waals surface area contributed by atoms with Gasteiger partial charge in [-0.25, -0.2) is 0 Å². The van der Waals surface area contributed by atoms with E-state index in [0.29, 0.717) is 5.54 Å². The van der Waals surface area contributed by atoms with Gasteiger partial charge in [-0.3, -0.25) is 0 Å². The van der Waals surface area contributed by atoms with E-state index in [1.807, 2.05) is 18.2 Å². The highest BCUT2D eigenvalue weighted by Gasteiger charge is 2.01. The fraction of sp³-hybridized carbons (Fsp3) is 0.333. The Hall–Kier alpha value is 0.0169. The maximum absolute atomic E-state index is 5.94. The number of hydrogen-bond donors (Lipinski definition) is 0. The van der Waals surface area contributed by atoms with Crippen molar-refractivity contribution in [3.05, 3.63) is 34.9 Å². The average molecular weight is 221 g/mol. The Kier molecular flexibility index (Phi) is 6.53. The Morgan fingerprint density at radius 3 is 2.08 bits per heavy atom. The first kappa shape index (κ1) is 12.0. The molecule has 0 spiro atoms. The van der Waals surface area contributed by atoms with Crippen molar-refractivity contribution in [1.82, 2.24) is 0 Å². The minimum absolute atomic E-state index is 0.661. The highest BCUT2D eigenvalue weighted by molar-refractivity contribution is 6.32. The molecule has 1 atom stereocenters. The molecule has 0 saturated carbocycles. The van der Waals surface area contributed by atoms with Crippen LogP contribution in [0.3, 0.4) is 0 Å². The van der Waals surface area contributed by atoms with Crippen molar-refractivity contribution in [2.24, 2.45) is 0 Å². The number of hydrogen-bond acceptors (Lipinski definition) is 0. The van der Waals surface area contributed by atoms with Gasteiger partial charge in [0.05, 0.1) is 0 Å². The molecular weight excluding hydrogens is 207 g/mol. The summed E-state index contributed by atoms with van der Waals surface area (Å²) < 4.78 is 0. The summed E-state index contributed by atoms with van der Waals surface area (Å²) in [6, 6.07) is 8.05. The second-order valence-electron chi connectivity index (χ2n) is 2.68. The van der Waals surface area contributed by atoms with E-state index in [-0.39, 0.29) is 0 Å². The normalized spacial score (nSPS) is 11.7. The van der Waals surface area contributed by atoms with Gasteiger partial charge >= 0.3 is 0 Å². The zero-order valence-electron chi connectivity index (χ0n) is 7.64.